The van der Waals surface area contributed by atoms with Gasteiger partial charge in [-0.3, -0.25) is 0 Å². The lowest BCUT2D eigenvalue weighted by atomic mass is 10.2. The average Bonchev–Trinajstić information content (AvgIpc) is 2.61. The lowest BCUT2D eigenvalue weighted by Gasteiger charge is -2.34. The number of ether oxygens (including phenoxy) is 1. The van der Waals surface area contributed by atoms with Crippen molar-refractivity contribution in [3.63, 3.8) is 0 Å². The highest BCUT2D eigenvalue weighted by molar-refractivity contribution is 5.64. The molecule has 2 aromatic rings. The maximum Gasteiger partial charge on any atom is 0.229 e. The second-order valence-electron chi connectivity index (χ2n) is 6.44. The zero-order chi connectivity index (χ0) is 17.8. The summed E-state index contributed by atoms with van der Waals surface area (Å²) in [7, 11) is 1.67. The van der Waals surface area contributed by atoms with Gasteiger partial charge < -0.3 is 19.9 Å². The lowest BCUT2D eigenvalue weighted by Crippen LogP contribution is -2.46. The Morgan fingerprint density at radius 3 is 2.52 bits per heavy atom. The van der Waals surface area contributed by atoms with Crippen LogP contribution in [0, 0.1) is 13.8 Å². The van der Waals surface area contributed by atoms with E-state index >= 15 is 0 Å². The molecule has 1 aromatic heterocycles. The Bertz CT molecular complexity index is 726. The number of hydrogen-bond donors (Lipinski definition) is 1. The molecule has 1 fully saturated rings. The Hall–Kier alpha value is -2.34. The van der Waals surface area contributed by atoms with Crippen molar-refractivity contribution in [2.75, 3.05) is 50.1 Å². The zero-order valence-electron chi connectivity index (χ0n) is 15.5. The van der Waals surface area contributed by atoms with Gasteiger partial charge in [0.15, 0.2) is 0 Å². The summed E-state index contributed by atoms with van der Waals surface area (Å²) in [6.45, 7) is 11.5. The van der Waals surface area contributed by atoms with Crippen molar-refractivity contribution in [1.82, 2.24) is 14.9 Å². The number of methoxy groups -OCH3 is 1. The van der Waals surface area contributed by atoms with Gasteiger partial charge in [-0.1, -0.05) is 13.0 Å². The highest BCUT2D eigenvalue weighted by Gasteiger charge is 2.18. The Morgan fingerprint density at radius 2 is 1.84 bits per heavy atom. The van der Waals surface area contributed by atoms with Crippen LogP contribution in [-0.4, -0.2) is 54.7 Å². The van der Waals surface area contributed by atoms with Crippen LogP contribution in [0.5, 0.6) is 5.75 Å². The molecule has 3 rings (SSSR count). The van der Waals surface area contributed by atoms with Gasteiger partial charge in [-0.05, 0) is 38.1 Å². The average molecular weight is 341 g/mol. The number of anilines is 3. The van der Waals surface area contributed by atoms with Gasteiger partial charge in [-0.15, -0.1) is 0 Å². The summed E-state index contributed by atoms with van der Waals surface area (Å²) in [5, 5.41) is 3.32. The van der Waals surface area contributed by atoms with Crippen LogP contribution in [0.15, 0.2) is 24.3 Å². The molecule has 0 atom stereocenters. The monoisotopic (exact) mass is 341 g/mol. The van der Waals surface area contributed by atoms with E-state index in [0.29, 0.717) is 5.95 Å². The molecule has 1 aromatic carbocycles. The molecule has 2 heterocycles. The second kappa shape index (κ2) is 7.70. The molecule has 0 saturated carbocycles. The van der Waals surface area contributed by atoms with Crippen LogP contribution >= 0.6 is 0 Å². The summed E-state index contributed by atoms with van der Waals surface area (Å²) in [6, 6.07) is 8.09. The van der Waals surface area contributed by atoms with E-state index in [-0.39, 0.29) is 0 Å². The summed E-state index contributed by atoms with van der Waals surface area (Å²) in [4.78, 5) is 14.1. The molecule has 25 heavy (non-hydrogen) atoms. The quantitative estimate of drug-likeness (QED) is 0.902. The first-order valence-corrected chi connectivity index (χ1v) is 8.83. The van der Waals surface area contributed by atoms with E-state index in [2.05, 4.69) is 40.0 Å². The molecular weight excluding hydrogens is 314 g/mol. The van der Waals surface area contributed by atoms with Crippen molar-refractivity contribution in [3.05, 3.63) is 35.5 Å². The van der Waals surface area contributed by atoms with Crippen LogP contribution in [0.1, 0.15) is 18.2 Å². The SMILES string of the molecule is CCN1CCN(c2cc(C)nc(Nc3cc(C)ccc3OC)n2)CC1. The van der Waals surface area contributed by atoms with Crippen molar-refractivity contribution in [3.8, 4) is 5.75 Å². The number of hydrogen-bond acceptors (Lipinski definition) is 6. The smallest absolute Gasteiger partial charge is 0.229 e. The summed E-state index contributed by atoms with van der Waals surface area (Å²) in [5.74, 6) is 2.38. The van der Waals surface area contributed by atoms with E-state index in [0.717, 1.165) is 61.2 Å². The first kappa shape index (κ1) is 17.5. The molecule has 0 spiro atoms. The van der Waals surface area contributed by atoms with Gasteiger partial charge in [0, 0.05) is 37.9 Å². The number of nitrogens with one attached hydrogen (secondary N) is 1. The van der Waals surface area contributed by atoms with Crippen LogP contribution in [0.3, 0.4) is 0 Å². The molecule has 1 aliphatic heterocycles. The van der Waals surface area contributed by atoms with Gasteiger partial charge in [-0.2, -0.15) is 4.98 Å². The van der Waals surface area contributed by atoms with E-state index < -0.39 is 0 Å². The number of benzene rings is 1. The lowest BCUT2D eigenvalue weighted by molar-refractivity contribution is 0.270. The van der Waals surface area contributed by atoms with E-state index in [1.807, 2.05) is 25.1 Å². The zero-order valence-corrected chi connectivity index (χ0v) is 15.5. The summed E-state index contributed by atoms with van der Waals surface area (Å²) in [5.41, 5.74) is 3.00. The molecule has 0 bridgehead atoms. The third-order valence-corrected chi connectivity index (χ3v) is 4.59. The standard InChI is InChI=1S/C19H27N5O/c1-5-23-8-10-24(11-9-23)18-13-15(3)20-19(22-18)21-16-12-14(2)6-7-17(16)25-4/h6-7,12-13H,5,8-11H2,1-4H3,(H,20,21,22). The summed E-state index contributed by atoms with van der Waals surface area (Å²) < 4.78 is 5.44. The topological polar surface area (TPSA) is 53.5 Å². The summed E-state index contributed by atoms with van der Waals surface area (Å²) >= 11 is 0. The fourth-order valence-electron chi connectivity index (χ4n) is 3.10. The Labute approximate surface area is 149 Å². The first-order valence-electron chi connectivity index (χ1n) is 8.83. The Morgan fingerprint density at radius 1 is 1.08 bits per heavy atom. The van der Waals surface area contributed by atoms with Crippen LogP contribution in [0.25, 0.3) is 0 Å². The predicted molar refractivity (Wildman–Crippen MR) is 102 cm³/mol. The molecule has 6 nitrogen and oxygen atoms in total. The first-order chi connectivity index (χ1) is 12.1. The summed E-state index contributed by atoms with van der Waals surface area (Å²) in [6.07, 6.45) is 0. The molecule has 1 saturated heterocycles. The maximum atomic E-state index is 5.44. The van der Waals surface area contributed by atoms with Gasteiger partial charge in [0.05, 0.1) is 12.8 Å². The van der Waals surface area contributed by atoms with Gasteiger partial charge in [0.1, 0.15) is 11.6 Å². The van der Waals surface area contributed by atoms with Gasteiger partial charge in [0.2, 0.25) is 5.95 Å². The highest BCUT2D eigenvalue weighted by atomic mass is 16.5. The maximum absolute atomic E-state index is 5.44. The number of aryl methyl sites for hydroxylation is 2. The normalized spacial score (nSPS) is 15.3. The third kappa shape index (κ3) is 4.20. The minimum atomic E-state index is 0.608. The highest BCUT2D eigenvalue weighted by Crippen LogP contribution is 2.28. The molecule has 1 N–H and O–H groups in total. The number of aromatic nitrogens is 2. The van der Waals surface area contributed by atoms with Gasteiger partial charge in [0.25, 0.3) is 0 Å². The van der Waals surface area contributed by atoms with E-state index in [9.17, 15) is 0 Å². The van der Waals surface area contributed by atoms with Crippen molar-refractivity contribution in [1.29, 1.82) is 0 Å². The predicted octanol–water partition coefficient (Wildman–Crippen LogP) is 2.99. The number of rotatable bonds is 5. The van der Waals surface area contributed by atoms with Crippen LogP contribution < -0.4 is 15.0 Å². The van der Waals surface area contributed by atoms with Crippen LogP contribution in [-0.2, 0) is 0 Å². The van der Waals surface area contributed by atoms with Crippen LogP contribution in [0.4, 0.5) is 17.5 Å². The van der Waals surface area contributed by atoms with Crippen molar-refractivity contribution in [2.24, 2.45) is 0 Å². The minimum Gasteiger partial charge on any atom is -0.495 e. The van der Waals surface area contributed by atoms with Gasteiger partial charge >= 0.3 is 0 Å². The molecule has 6 heteroatoms. The molecule has 0 amide bonds. The molecule has 0 aliphatic carbocycles. The van der Waals surface area contributed by atoms with Crippen molar-refractivity contribution < 1.29 is 4.74 Å². The van der Waals surface area contributed by atoms with Crippen LogP contribution in [0.2, 0.25) is 0 Å². The number of likely N-dealkylation sites (N-methyl/N-ethyl adjacent to an activating group) is 1. The third-order valence-electron chi connectivity index (χ3n) is 4.59. The minimum absolute atomic E-state index is 0.608. The fourth-order valence-corrected chi connectivity index (χ4v) is 3.10. The number of nitrogens with zero attached hydrogens (tertiary/aromatic N) is 4. The number of piperazine rings is 1. The second-order valence-corrected chi connectivity index (χ2v) is 6.44. The molecule has 0 radical (unpaired) electrons. The Kier molecular flexibility index (Phi) is 5.38. The Balaban J connectivity index is 1.82. The largest absolute Gasteiger partial charge is 0.495 e. The fraction of sp³-hybridized carbons (Fsp3) is 0.474. The molecular formula is C19H27N5O. The molecule has 1 aliphatic rings. The molecule has 134 valence electrons. The van der Waals surface area contributed by atoms with E-state index in [1.54, 1.807) is 7.11 Å². The van der Waals surface area contributed by atoms with Crippen molar-refractivity contribution >= 4 is 17.5 Å². The molecule has 0 unspecified atom stereocenters. The van der Waals surface area contributed by atoms with E-state index in [1.165, 1.54) is 0 Å². The van der Waals surface area contributed by atoms with E-state index in [4.69, 9.17) is 9.72 Å². The van der Waals surface area contributed by atoms with Gasteiger partial charge in [-0.25, -0.2) is 4.98 Å². The van der Waals surface area contributed by atoms with Crippen molar-refractivity contribution in [2.45, 2.75) is 20.8 Å².